The van der Waals surface area contributed by atoms with Crippen LogP contribution in [0.2, 0.25) is 5.02 Å². The highest BCUT2D eigenvalue weighted by Crippen LogP contribution is 2.31. The molecule has 31 heavy (non-hydrogen) atoms. The second kappa shape index (κ2) is 7.93. The molecule has 3 aromatic heterocycles. The maximum absolute atomic E-state index is 14.6. The first-order chi connectivity index (χ1) is 14.6. The number of halogens is 5. The fraction of sp³-hybridized carbons (Fsp3) is 0.333. The van der Waals surface area contributed by atoms with E-state index in [9.17, 15) is 27.5 Å². The van der Waals surface area contributed by atoms with E-state index >= 15 is 0 Å². The van der Waals surface area contributed by atoms with Crippen molar-refractivity contribution in [3.63, 3.8) is 0 Å². The number of carbonyl (C=O) groups is 1. The van der Waals surface area contributed by atoms with Gasteiger partial charge in [0, 0.05) is 36.3 Å². The summed E-state index contributed by atoms with van der Waals surface area (Å²) in [7, 11) is 0. The number of fused-ring (bicyclic) bond motifs is 1. The molecule has 4 rings (SSSR count). The molecular formula is C18H15ClF4N6O2. The molecule has 3 aromatic rings. The number of hydrogen-bond acceptors (Lipinski definition) is 6. The van der Waals surface area contributed by atoms with E-state index in [1.807, 2.05) is 0 Å². The molecule has 8 nitrogen and oxygen atoms in total. The number of hydrogen-bond donors (Lipinski definition) is 3. The Labute approximate surface area is 177 Å². The molecule has 1 aliphatic rings. The van der Waals surface area contributed by atoms with E-state index < -0.39 is 36.6 Å². The Bertz CT molecular complexity index is 1140. The Morgan fingerprint density at radius 1 is 1.35 bits per heavy atom. The Balaban J connectivity index is 1.68. The lowest BCUT2D eigenvalue weighted by atomic mass is 10.2. The zero-order valence-electron chi connectivity index (χ0n) is 15.6. The lowest BCUT2D eigenvalue weighted by Crippen LogP contribution is -2.46. The first-order valence-electron chi connectivity index (χ1n) is 9.07. The second-order valence-electron chi connectivity index (χ2n) is 7.01. The molecule has 0 spiro atoms. The summed E-state index contributed by atoms with van der Waals surface area (Å²) in [5, 5.41) is 12.7. The van der Waals surface area contributed by atoms with Gasteiger partial charge in [-0.3, -0.25) is 4.79 Å². The number of aliphatic hydroxyl groups excluding tert-OH is 1. The van der Waals surface area contributed by atoms with Gasteiger partial charge in [-0.05, 0) is 6.07 Å². The molecule has 0 unspecified atom stereocenters. The van der Waals surface area contributed by atoms with Gasteiger partial charge in [0.05, 0.1) is 17.3 Å². The number of H-pyrrole nitrogens is 1. The Hall–Kier alpha value is -2.99. The van der Waals surface area contributed by atoms with Crippen molar-refractivity contribution in [3.05, 3.63) is 35.5 Å². The highest BCUT2D eigenvalue weighted by atomic mass is 35.5. The number of nitrogens with zero attached hydrogens (tertiary/aromatic N) is 4. The van der Waals surface area contributed by atoms with Crippen LogP contribution in [0.4, 0.5) is 23.4 Å². The van der Waals surface area contributed by atoms with Crippen molar-refractivity contribution >= 4 is 34.4 Å². The third-order valence-corrected chi connectivity index (χ3v) is 4.99. The van der Waals surface area contributed by atoms with E-state index in [0.717, 1.165) is 11.1 Å². The van der Waals surface area contributed by atoms with Crippen LogP contribution in [0, 0.1) is 5.82 Å². The molecule has 1 saturated heterocycles. The molecule has 0 bridgehead atoms. The number of carbonyl (C=O) groups excluding carboxylic acids is 1. The summed E-state index contributed by atoms with van der Waals surface area (Å²) < 4.78 is 51.9. The number of aliphatic hydroxyl groups is 1. The number of rotatable bonds is 4. The van der Waals surface area contributed by atoms with Gasteiger partial charge in [0.1, 0.15) is 18.2 Å². The summed E-state index contributed by atoms with van der Waals surface area (Å²) in [6.07, 6.45) is -1.93. The molecular weight excluding hydrogens is 444 g/mol. The third kappa shape index (κ3) is 4.39. The summed E-state index contributed by atoms with van der Waals surface area (Å²) in [5.74, 6) is -2.10. The largest absolute Gasteiger partial charge is 0.405 e. The predicted octanol–water partition coefficient (Wildman–Crippen LogP) is 2.43. The van der Waals surface area contributed by atoms with Gasteiger partial charge in [-0.25, -0.2) is 19.3 Å². The number of amides is 1. The van der Waals surface area contributed by atoms with Crippen molar-refractivity contribution in [1.82, 2.24) is 25.3 Å². The smallest absolute Gasteiger partial charge is 0.391 e. The van der Waals surface area contributed by atoms with E-state index in [4.69, 9.17) is 11.6 Å². The number of aromatic nitrogens is 4. The molecule has 1 amide bonds. The predicted molar refractivity (Wildman–Crippen MR) is 103 cm³/mol. The van der Waals surface area contributed by atoms with Crippen molar-refractivity contribution < 1.29 is 27.5 Å². The topological polar surface area (TPSA) is 107 Å². The average Bonchev–Trinajstić information content (AvgIpc) is 3.29. The number of nitrogens with one attached hydrogen (secondary N) is 2. The lowest BCUT2D eigenvalue weighted by Gasteiger charge is -2.25. The monoisotopic (exact) mass is 458 g/mol. The highest BCUT2D eigenvalue weighted by Gasteiger charge is 2.39. The number of pyridine rings is 1. The summed E-state index contributed by atoms with van der Waals surface area (Å²) in [6.45, 7) is -1.72. The first-order valence-corrected chi connectivity index (χ1v) is 9.45. The van der Waals surface area contributed by atoms with Crippen LogP contribution in [-0.2, 0) is 4.79 Å². The number of aromatic amines is 1. The molecule has 164 valence electrons. The standard InChI is InChI=1S/C18H15ClF4N6O2/c19-8-1-10-11(4-25-14(10)24-3-8)15-26-5-12(20)16(28-15)29-6-9(30)2-13(29)17(31)27-7-18(21,22)23/h1,3-5,9,13,30H,2,6-7H2,(H,24,25)(H,27,31)/t9-,13+/m0/s1. The van der Waals surface area contributed by atoms with E-state index in [1.165, 1.54) is 6.20 Å². The fourth-order valence-electron chi connectivity index (χ4n) is 3.45. The van der Waals surface area contributed by atoms with Crippen molar-refractivity contribution in [3.8, 4) is 11.4 Å². The van der Waals surface area contributed by atoms with Gasteiger partial charge < -0.3 is 20.3 Å². The van der Waals surface area contributed by atoms with Crippen LogP contribution in [0.1, 0.15) is 6.42 Å². The molecule has 0 aromatic carbocycles. The zero-order chi connectivity index (χ0) is 22.3. The van der Waals surface area contributed by atoms with Gasteiger partial charge in [0.2, 0.25) is 5.91 Å². The van der Waals surface area contributed by atoms with Crippen molar-refractivity contribution in [1.29, 1.82) is 0 Å². The maximum atomic E-state index is 14.6. The molecule has 0 radical (unpaired) electrons. The van der Waals surface area contributed by atoms with E-state index in [0.29, 0.717) is 21.6 Å². The molecule has 4 heterocycles. The van der Waals surface area contributed by atoms with E-state index in [-0.39, 0.29) is 24.6 Å². The van der Waals surface area contributed by atoms with E-state index in [2.05, 4.69) is 19.9 Å². The summed E-state index contributed by atoms with van der Waals surface area (Å²) in [6, 6.07) is 0.392. The molecule has 0 saturated carbocycles. The van der Waals surface area contributed by atoms with Gasteiger partial charge in [-0.2, -0.15) is 13.2 Å². The third-order valence-electron chi connectivity index (χ3n) is 4.78. The van der Waals surface area contributed by atoms with Crippen LogP contribution in [0.15, 0.2) is 24.7 Å². The van der Waals surface area contributed by atoms with Crippen molar-refractivity contribution in [2.75, 3.05) is 18.0 Å². The van der Waals surface area contributed by atoms with Crippen molar-refractivity contribution in [2.24, 2.45) is 0 Å². The Morgan fingerprint density at radius 2 is 2.13 bits per heavy atom. The average molecular weight is 459 g/mol. The normalized spacial score (nSPS) is 19.2. The SMILES string of the molecule is O=C(NCC(F)(F)F)[C@H]1C[C@H](O)CN1c1nc(-c2c[nH]c3ncc(Cl)cc23)ncc1F. The summed E-state index contributed by atoms with van der Waals surface area (Å²) in [5.41, 5.74) is 0.957. The van der Waals surface area contributed by atoms with Crippen LogP contribution in [0.25, 0.3) is 22.4 Å². The molecule has 3 N–H and O–H groups in total. The summed E-state index contributed by atoms with van der Waals surface area (Å²) in [4.78, 5) is 28.6. The minimum atomic E-state index is -4.60. The van der Waals surface area contributed by atoms with Crippen molar-refractivity contribution in [2.45, 2.75) is 24.7 Å². The summed E-state index contributed by atoms with van der Waals surface area (Å²) >= 11 is 5.99. The highest BCUT2D eigenvalue weighted by molar-refractivity contribution is 6.31. The number of β-amino-alcohol motifs (C(OH)–C–C–N with tert-alkyl or cyclic N) is 1. The molecule has 1 aliphatic heterocycles. The van der Waals surface area contributed by atoms with E-state index in [1.54, 1.807) is 17.6 Å². The number of anilines is 1. The van der Waals surface area contributed by atoms with Crippen LogP contribution in [0.5, 0.6) is 0 Å². The zero-order valence-corrected chi connectivity index (χ0v) is 16.4. The first kappa shape index (κ1) is 21.2. The van der Waals surface area contributed by atoms with Crippen LogP contribution >= 0.6 is 11.6 Å². The number of alkyl halides is 3. The van der Waals surface area contributed by atoms with Gasteiger partial charge >= 0.3 is 6.18 Å². The molecule has 0 aliphatic carbocycles. The minimum absolute atomic E-state index is 0.0857. The molecule has 1 fully saturated rings. The molecule has 2 atom stereocenters. The van der Waals surface area contributed by atoms with Gasteiger partial charge in [0.15, 0.2) is 17.5 Å². The fourth-order valence-corrected chi connectivity index (χ4v) is 3.61. The Morgan fingerprint density at radius 3 is 2.87 bits per heavy atom. The van der Waals surface area contributed by atoms with Crippen LogP contribution < -0.4 is 10.2 Å². The molecule has 13 heteroatoms. The maximum Gasteiger partial charge on any atom is 0.405 e. The van der Waals surface area contributed by atoms with Crippen LogP contribution in [0.3, 0.4) is 0 Å². The second-order valence-corrected chi connectivity index (χ2v) is 7.44. The van der Waals surface area contributed by atoms with Gasteiger partial charge in [-0.1, -0.05) is 11.6 Å². The Kier molecular flexibility index (Phi) is 5.43. The van der Waals surface area contributed by atoms with Crippen LogP contribution in [-0.4, -0.2) is 62.4 Å². The quantitative estimate of drug-likeness (QED) is 0.518. The van der Waals surface area contributed by atoms with Gasteiger partial charge in [-0.15, -0.1) is 0 Å². The van der Waals surface area contributed by atoms with Gasteiger partial charge in [0.25, 0.3) is 0 Å². The lowest BCUT2D eigenvalue weighted by molar-refractivity contribution is -0.139. The minimum Gasteiger partial charge on any atom is -0.391 e.